The van der Waals surface area contributed by atoms with Gasteiger partial charge in [0.05, 0.1) is 5.69 Å². The molecule has 2 aromatic rings. The molecular weight excluding hydrogens is 347 g/mol. The number of hydrogen-bond acceptors (Lipinski definition) is 5. The molecule has 0 bridgehead atoms. The van der Waals surface area contributed by atoms with Gasteiger partial charge < -0.3 is 10.6 Å². The summed E-state index contributed by atoms with van der Waals surface area (Å²) in [5.74, 6) is -1.00. The molecule has 1 heterocycles. The van der Waals surface area contributed by atoms with Crippen LogP contribution in [-0.4, -0.2) is 22.6 Å². The fourth-order valence-electron chi connectivity index (χ4n) is 1.40. The number of amides is 1. The molecule has 1 aromatic carbocycles. The van der Waals surface area contributed by atoms with Crippen LogP contribution < -0.4 is 10.6 Å². The number of nitrogens with zero attached hydrogens (tertiary/aromatic N) is 2. The van der Waals surface area contributed by atoms with Crippen LogP contribution in [0.5, 0.6) is 0 Å². The van der Waals surface area contributed by atoms with Gasteiger partial charge in [-0.15, -0.1) is 10.2 Å². The van der Waals surface area contributed by atoms with E-state index in [0.29, 0.717) is 9.60 Å². The van der Waals surface area contributed by atoms with E-state index >= 15 is 0 Å². The lowest BCUT2D eigenvalue weighted by Crippen LogP contribution is -2.13. The van der Waals surface area contributed by atoms with Crippen LogP contribution in [0.25, 0.3) is 0 Å². The van der Waals surface area contributed by atoms with Crippen LogP contribution >= 0.6 is 27.3 Å². The highest BCUT2D eigenvalue weighted by Gasteiger charge is 2.16. The highest BCUT2D eigenvalue weighted by Crippen LogP contribution is 2.26. The fourth-order valence-corrected chi connectivity index (χ4v) is 2.51. The Morgan fingerprint density at radius 1 is 1.45 bits per heavy atom. The van der Waals surface area contributed by atoms with Crippen molar-refractivity contribution in [1.82, 2.24) is 10.2 Å². The number of hydrogen-bond donors (Lipinski definition) is 2. The Morgan fingerprint density at radius 2 is 2.25 bits per heavy atom. The molecule has 2 rings (SSSR count). The summed E-state index contributed by atoms with van der Waals surface area (Å²) in [6, 6.07) is 4.47. The third-order valence-corrected chi connectivity index (χ3v) is 3.89. The topological polar surface area (TPSA) is 66.9 Å². The van der Waals surface area contributed by atoms with Gasteiger partial charge in [0.25, 0.3) is 5.91 Å². The zero-order valence-electron chi connectivity index (χ0n) is 10.6. The lowest BCUT2D eigenvalue weighted by atomic mass is 10.3. The fraction of sp³-hybridized carbons (Fsp3) is 0.250. The number of carbonyl (C=O) groups excluding carboxylic acids is 1. The zero-order chi connectivity index (χ0) is 14.5. The maximum absolute atomic E-state index is 13.6. The molecule has 0 unspecified atom stereocenters. The van der Waals surface area contributed by atoms with Crippen molar-refractivity contribution in [1.29, 1.82) is 0 Å². The van der Waals surface area contributed by atoms with Crippen molar-refractivity contribution < 1.29 is 9.18 Å². The van der Waals surface area contributed by atoms with Gasteiger partial charge in [-0.25, -0.2) is 4.39 Å². The molecule has 0 saturated carbocycles. The average molecular weight is 359 g/mol. The second kappa shape index (κ2) is 6.76. The minimum absolute atomic E-state index is 0.0933. The number of para-hydroxylation sites is 1. The van der Waals surface area contributed by atoms with Gasteiger partial charge in [-0.05, 0) is 34.5 Å². The number of halogens is 2. The number of benzene rings is 1. The summed E-state index contributed by atoms with van der Waals surface area (Å²) in [7, 11) is 0. The summed E-state index contributed by atoms with van der Waals surface area (Å²) in [5.41, 5.74) is 0.0933. The van der Waals surface area contributed by atoms with Crippen LogP contribution in [0, 0.1) is 5.82 Å². The van der Waals surface area contributed by atoms with Gasteiger partial charge in [0, 0.05) is 11.0 Å². The quantitative estimate of drug-likeness (QED) is 0.857. The van der Waals surface area contributed by atoms with Crippen molar-refractivity contribution in [3.63, 3.8) is 0 Å². The van der Waals surface area contributed by atoms with E-state index in [2.05, 4.69) is 36.8 Å². The molecule has 5 nitrogen and oxygen atoms in total. The third-order valence-electron chi connectivity index (χ3n) is 2.35. The average Bonchev–Trinajstić information content (AvgIpc) is 2.89. The second-order valence-electron chi connectivity index (χ2n) is 3.89. The predicted molar refractivity (Wildman–Crippen MR) is 80.7 cm³/mol. The van der Waals surface area contributed by atoms with E-state index in [1.165, 1.54) is 6.07 Å². The maximum atomic E-state index is 13.6. The summed E-state index contributed by atoms with van der Waals surface area (Å²) in [6.07, 6.45) is 0.948. The van der Waals surface area contributed by atoms with Crippen molar-refractivity contribution >= 4 is 44.0 Å². The van der Waals surface area contributed by atoms with Gasteiger partial charge in [-0.2, -0.15) is 0 Å². The first-order chi connectivity index (χ1) is 9.61. The minimum atomic E-state index is -0.512. The standard InChI is InChI=1S/C12H12BrFN4OS/c1-2-6-15-12-18-17-11(20-12)10(19)16-9-7(13)4-3-5-8(9)14/h3-5H,2,6H2,1H3,(H,15,18)(H,16,19). The van der Waals surface area contributed by atoms with E-state index in [9.17, 15) is 9.18 Å². The van der Waals surface area contributed by atoms with Gasteiger partial charge >= 0.3 is 0 Å². The van der Waals surface area contributed by atoms with Crippen LogP contribution in [0.3, 0.4) is 0 Å². The number of anilines is 2. The molecule has 0 radical (unpaired) electrons. The number of rotatable bonds is 5. The van der Waals surface area contributed by atoms with E-state index in [-0.39, 0.29) is 10.7 Å². The van der Waals surface area contributed by atoms with E-state index in [1.54, 1.807) is 12.1 Å². The Labute approximate surface area is 127 Å². The molecule has 8 heteroatoms. The van der Waals surface area contributed by atoms with Crippen molar-refractivity contribution in [2.24, 2.45) is 0 Å². The molecule has 1 aromatic heterocycles. The molecule has 0 spiro atoms. The summed E-state index contributed by atoms with van der Waals surface area (Å²) in [6.45, 7) is 2.78. The Morgan fingerprint density at radius 3 is 2.95 bits per heavy atom. The smallest absolute Gasteiger partial charge is 0.286 e. The van der Waals surface area contributed by atoms with E-state index in [1.807, 2.05) is 6.92 Å². The van der Waals surface area contributed by atoms with Crippen LogP contribution in [0.2, 0.25) is 0 Å². The van der Waals surface area contributed by atoms with Gasteiger partial charge in [0.15, 0.2) is 0 Å². The lowest BCUT2D eigenvalue weighted by molar-refractivity contribution is 0.102. The highest BCUT2D eigenvalue weighted by atomic mass is 79.9. The van der Waals surface area contributed by atoms with E-state index < -0.39 is 11.7 Å². The molecule has 0 aliphatic heterocycles. The number of aromatic nitrogens is 2. The summed E-state index contributed by atoms with van der Waals surface area (Å²) in [5, 5.41) is 13.9. The molecule has 1 amide bonds. The Hall–Kier alpha value is -1.54. The Balaban J connectivity index is 2.10. The van der Waals surface area contributed by atoms with Crippen molar-refractivity contribution in [2.45, 2.75) is 13.3 Å². The SMILES string of the molecule is CCCNc1nnc(C(=O)Nc2c(F)cccc2Br)s1. The third kappa shape index (κ3) is 3.51. The normalized spacial score (nSPS) is 10.3. The lowest BCUT2D eigenvalue weighted by Gasteiger charge is -2.06. The van der Waals surface area contributed by atoms with Crippen molar-refractivity contribution in [3.8, 4) is 0 Å². The molecule has 0 aliphatic carbocycles. The minimum Gasteiger partial charge on any atom is -0.360 e. The first kappa shape index (κ1) is 14.9. The molecule has 0 atom stereocenters. The molecular formula is C12H12BrFN4OS. The number of carbonyl (C=O) groups is 1. The summed E-state index contributed by atoms with van der Waals surface area (Å²) in [4.78, 5) is 12.0. The van der Waals surface area contributed by atoms with E-state index in [0.717, 1.165) is 24.3 Å². The van der Waals surface area contributed by atoms with Gasteiger partial charge in [-0.3, -0.25) is 4.79 Å². The Bertz CT molecular complexity index is 599. The molecule has 20 heavy (non-hydrogen) atoms. The van der Waals surface area contributed by atoms with Crippen LogP contribution in [0.15, 0.2) is 22.7 Å². The van der Waals surface area contributed by atoms with Crippen molar-refractivity contribution in [2.75, 3.05) is 17.2 Å². The second-order valence-corrected chi connectivity index (χ2v) is 5.72. The van der Waals surface area contributed by atoms with Crippen LogP contribution in [0.4, 0.5) is 15.2 Å². The first-order valence-electron chi connectivity index (χ1n) is 5.94. The van der Waals surface area contributed by atoms with Crippen LogP contribution in [-0.2, 0) is 0 Å². The molecule has 0 aliphatic rings. The van der Waals surface area contributed by atoms with E-state index in [4.69, 9.17) is 0 Å². The first-order valence-corrected chi connectivity index (χ1v) is 7.55. The molecule has 106 valence electrons. The monoisotopic (exact) mass is 358 g/mol. The van der Waals surface area contributed by atoms with Crippen LogP contribution in [0.1, 0.15) is 23.1 Å². The van der Waals surface area contributed by atoms with Gasteiger partial charge in [0.1, 0.15) is 5.82 Å². The molecule has 0 saturated heterocycles. The predicted octanol–water partition coefficient (Wildman–Crippen LogP) is 3.51. The largest absolute Gasteiger partial charge is 0.360 e. The zero-order valence-corrected chi connectivity index (χ0v) is 13.0. The van der Waals surface area contributed by atoms with Gasteiger partial charge in [-0.1, -0.05) is 24.3 Å². The van der Waals surface area contributed by atoms with Gasteiger partial charge in [0.2, 0.25) is 10.1 Å². The molecule has 0 fully saturated rings. The Kier molecular flexibility index (Phi) is 5.02. The van der Waals surface area contributed by atoms with Crippen molar-refractivity contribution in [3.05, 3.63) is 33.5 Å². The summed E-state index contributed by atoms with van der Waals surface area (Å²) < 4.78 is 14.1. The number of nitrogens with one attached hydrogen (secondary N) is 2. The highest BCUT2D eigenvalue weighted by molar-refractivity contribution is 9.10. The molecule has 2 N–H and O–H groups in total. The maximum Gasteiger partial charge on any atom is 0.286 e. The summed E-state index contributed by atoms with van der Waals surface area (Å²) >= 11 is 4.32.